The van der Waals surface area contributed by atoms with Crippen LogP contribution in [0.2, 0.25) is 10.0 Å². The lowest BCUT2D eigenvalue weighted by molar-refractivity contribution is 0.178. The fourth-order valence-electron chi connectivity index (χ4n) is 1.54. The van der Waals surface area contributed by atoms with E-state index in [1.54, 1.807) is 30.7 Å². The lowest BCUT2D eigenvalue weighted by Gasteiger charge is -2.12. The van der Waals surface area contributed by atoms with Crippen molar-refractivity contribution in [2.45, 2.75) is 12.5 Å². The van der Waals surface area contributed by atoms with Crippen molar-refractivity contribution in [1.29, 1.82) is 0 Å². The molecule has 0 aliphatic heterocycles. The number of aliphatic hydroxyl groups is 1. The van der Waals surface area contributed by atoms with Crippen molar-refractivity contribution < 1.29 is 5.11 Å². The summed E-state index contributed by atoms with van der Waals surface area (Å²) in [7, 11) is 0. The molecule has 0 saturated carbocycles. The van der Waals surface area contributed by atoms with Crippen LogP contribution in [0.3, 0.4) is 0 Å². The molecular weight excluding hydrogens is 259 g/mol. The maximum absolute atomic E-state index is 10.1. The Morgan fingerprint density at radius 1 is 1.06 bits per heavy atom. The maximum atomic E-state index is 10.1. The summed E-state index contributed by atoms with van der Waals surface area (Å²) >= 11 is 11.9. The first-order valence-corrected chi connectivity index (χ1v) is 5.80. The highest BCUT2D eigenvalue weighted by Gasteiger charge is 2.13. The molecule has 0 aromatic carbocycles. The van der Waals surface area contributed by atoms with Crippen LogP contribution in [0.25, 0.3) is 0 Å². The van der Waals surface area contributed by atoms with Crippen LogP contribution < -0.4 is 0 Å². The molecule has 1 N–H and O–H groups in total. The van der Waals surface area contributed by atoms with Gasteiger partial charge in [0.15, 0.2) is 0 Å². The zero-order chi connectivity index (χ0) is 12.3. The van der Waals surface area contributed by atoms with Crippen molar-refractivity contribution in [3.8, 4) is 0 Å². The van der Waals surface area contributed by atoms with Gasteiger partial charge < -0.3 is 5.11 Å². The highest BCUT2D eigenvalue weighted by molar-refractivity contribution is 6.31. The largest absolute Gasteiger partial charge is 0.388 e. The highest BCUT2D eigenvalue weighted by atomic mass is 35.5. The number of pyridine rings is 2. The van der Waals surface area contributed by atoms with Gasteiger partial charge in [0.2, 0.25) is 0 Å². The molecule has 0 aliphatic carbocycles. The predicted molar refractivity (Wildman–Crippen MR) is 67.2 cm³/mol. The van der Waals surface area contributed by atoms with Crippen LogP contribution in [0.15, 0.2) is 36.9 Å². The summed E-state index contributed by atoms with van der Waals surface area (Å²) in [5.41, 5.74) is 1.48. The Morgan fingerprint density at radius 3 is 2.35 bits per heavy atom. The number of rotatable bonds is 3. The molecule has 2 aromatic heterocycles. The van der Waals surface area contributed by atoms with E-state index in [2.05, 4.69) is 9.97 Å². The second-order valence-corrected chi connectivity index (χ2v) is 4.40. The van der Waals surface area contributed by atoms with Crippen molar-refractivity contribution in [3.05, 3.63) is 58.1 Å². The first-order chi connectivity index (χ1) is 8.18. The van der Waals surface area contributed by atoms with Gasteiger partial charge >= 0.3 is 0 Å². The van der Waals surface area contributed by atoms with Crippen LogP contribution in [0, 0.1) is 0 Å². The standard InChI is InChI=1S/C12H10Cl2N2O/c13-10-6-15-3-1-8(10)5-12(17)9-2-4-16-7-11(9)14/h1-4,6-7,12,17H,5H2. The van der Waals surface area contributed by atoms with Crippen molar-refractivity contribution in [2.75, 3.05) is 0 Å². The van der Waals surface area contributed by atoms with Gasteiger partial charge in [0.1, 0.15) is 0 Å². The lowest BCUT2D eigenvalue weighted by Crippen LogP contribution is -2.03. The Morgan fingerprint density at radius 2 is 1.71 bits per heavy atom. The van der Waals surface area contributed by atoms with Crippen LogP contribution in [-0.2, 0) is 6.42 Å². The van der Waals surface area contributed by atoms with E-state index in [4.69, 9.17) is 23.2 Å². The van der Waals surface area contributed by atoms with Crippen LogP contribution in [0.4, 0.5) is 0 Å². The number of hydrogen-bond donors (Lipinski definition) is 1. The minimum absolute atomic E-state index is 0.394. The minimum Gasteiger partial charge on any atom is -0.388 e. The van der Waals surface area contributed by atoms with Gasteiger partial charge in [-0.1, -0.05) is 23.2 Å². The molecule has 0 amide bonds. The summed E-state index contributed by atoms with van der Waals surface area (Å²) in [6.45, 7) is 0. The monoisotopic (exact) mass is 268 g/mol. The van der Waals surface area contributed by atoms with Crippen LogP contribution in [0.5, 0.6) is 0 Å². The molecule has 1 atom stereocenters. The first-order valence-electron chi connectivity index (χ1n) is 5.04. The first kappa shape index (κ1) is 12.3. The average Bonchev–Trinajstić information content (AvgIpc) is 2.32. The maximum Gasteiger partial charge on any atom is 0.0846 e. The van der Waals surface area contributed by atoms with E-state index in [1.165, 1.54) is 6.20 Å². The number of hydrogen-bond acceptors (Lipinski definition) is 3. The summed E-state index contributed by atoms with van der Waals surface area (Å²) in [4.78, 5) is 7.77. The molecule has 0 radical (unpaired) electrons. The van der Waals surface area contributed by atoms with E-state index in [0.29, 0.717) is 22.0 Å². The molecule has 0 bridgehead atoms. The molecule has 17 heavy (non-hydrogen) atoms. The third-order valence-corrected chi connectivity index (χ3v) is 3.09. The summed E-state index contributed by atoms with van der Waals surface area (Å²) in [5.74, 6) is 0. The van der Waals surface area contributed by atoms with Gasteiger partial charge in [-0.3, -0.25) is 9.97 Å². The molecule has 0 spiro atoms. The van der Waals surface area contributed by atoms with E-state index in [9.17, 15) is 5.11 Å². The number of nitrogens with zero attached hydrogens (tertiary/aromatic N) is 2. The van der Waals surface area contributed by atoms with Gasteiger partial charge in [-0.15, -0.1) is 0 Å². The second-order valence-electron chi connectivity index (χ2n) is 3.58. The van der Waals surface area contributed by atoms with Crippen LogP contribution >= 0.6 is 23.2 Å². The quantitative estimate of drug-likeness (QED) is 0.931. The van der Waals surface area contributed by atoms with Gasteiger partial charge in [0.05, 0.1) is 16.1 Å². The van der Waals surface area contributed by atoms with E-state index < -0.39 is 6.10 Å². The Balaban J connectivity index is 2.20. The van der Waals surface area contributed by atoms with Crippen molar-refractivity contribution in [1.82, 2.24) is 9.97 Å². The molecular formula is C12H10Cl2N2O. The summed E-state index contributed by atoms with van der Waals surface area (Å²) in [6.07, 6.45) is 5.99. The normalized spacial score (nSPS) is 12.4. The fraction of sp³-hybridized carbons (Fsp3) is 0.167. The third-order valence-electron chi connectivity index (χ3n) is 2.43. The van der Waals surface area contributed by atoms with Gasteiger partial charge in [-0.05, 0) is 17.7 Å². The molecule has 2 heterocycles. The summed E-state index contributed by atoms with van der Waals surface area (Å²) in [5, 5.41) is 11.1. The zero-order valence-electron chi connectivity index (χ0n) is 8.85. The van der Waals surface area contributed by atoms with E-state index in [-0.39, 0.29) is 0 Å². The summed E-state index contributed by atoms with van der Waals surface area (Å²) < 4.78 is 0. The number of aliphatic hydroxyl groups excluding tert-OH is 1. The summed E-state index contributed by atoms with van der Waals surface area (Å²) in [6, 6.07) is 3.47. The number of aromatic nitrogens is 2. The van der Waals surface area contributed by atoms with E-state index >= 15 is 0 Å². The van der Waals surface area contributed by atoms with Gasteiger partial charge in [0, 0.05) is 36.8 Å². The van der Waals surface area contributed by atoms with Crippen molar-refractivity contribution in [2.24, 2.45) is 0 Å². The minimum atomic E-state index is -0.703. The molecule has 0 aliphatic rings. The van der Waals surface area contributed by atoms with Crippen LogP contribution in [-0.4, -0.2) is 15.1 Å². The predicted octanol–water partition coefficient (Wildman–Crippen LogP) is 3.06. The smallest absolute Gasteiger partial charge is 0.0846 e. The van der Waals surface area contributed by atoms with Gasteiger partial charge in [0.25, 0.3) is 0 Å². The Bertz CT molecular complexity index is 519. The topological polar surface area (TPSA) is 46.0 Å². The average molecular weight is 269 g/mol. The molecule has 0 saturated heterocycles. The highest BCUT2D eigenvalue weighted by Crippen LogP contribution is 2.26. The molecule has 5 heteroatoms. The van der Waals surface area contributed by atoms with Crippen molar-refractivity contribution in [3.63, 3.8) is 0 Å². The number of halogens is 2. The fourth-order valence-corrected chi connectivity index (χ4v) is 1.99. The Labute approximate surface area is 109 Å². The molecule has 2 rings (SSSR count). The Kier molecular flexibility index (Phi) is 3.94. The Hall–Kier alpha value is -1.16. The zero-order valence-corrected chi connectivity index (χ0v) is 10.4. The molecule has 2 aromatic rings. The molecule has 88 valence electrons. The lowest BCUT2D eigenvalue weighted by atomic mass is 10.0. The molecule has 0 fully saturated rings. The van der Waals surface area contributed by atoms with Crippen molar-refractivity contribution >= 4 is 23.2 Å². The third kappa shape index (κ3) is 2.94. The van der Waals surface area contributed by atoms with E-state index in [0.717, 1.165) is 5.56 Å². The van der Waals surface area contributed by atoms with Gasteiger partial charge in [-0.25, -0.2) is 0 Å². The van der Waals surface area contributed by atoms with Gasteiger partial charge in [-0.2, -0.15) is 0 Å². The van der Waals surface area contributed by atoms with E-state index in [1.807, 2.05) is 0 Å². The second kappa shape index (κ2) is 5.45. The SMILES string of the molecule is OC(Cc1ccncc1Cl)c1ccncc1Cl. The molecule has 3 nitrogen and oxygen atoms in total. The molecule has 1 unspecified atom stereocenters. The van der Waals surface area contributed by atoms with Crippen LogP contribution in [0.1, 0.15) is 17.2 Å².